The Morgan fingerprint density at radius 1 is 1.31 bits per heavy atom. The van der Waals surface area contributed by atoms with Crippen LogP contribution in [0.3, 0.4) is 0 Å². The molecule has 2 nitrogen and oxygen atoms in total. The predicted molar refractivity (Wildman–Crippen MR) is 72.4 cm³/mol. The average Bonchev–Trinajstić information content (AvgIpc) is 2.66. The van der Waals surface area contributed by atoms with Crippen LogP contribution in [0.2, 0.25) is 0 Å². The Balaban J connectivity index is 2.36. The molecule has 0 radical (unpaired) electrons. The fourth-order valence-electron chi connectivity index (χ4n) is 1.69. The molecule has 84 valence electrons. The van der Waals surface area contributed by atoms with Gasteiger partial charge in [0.2, 0.25) is 0 Å². The number of hydrazine groups is 1. The van der Waals surface area contributed by atoms with E-state index >= 15 is 0 Å². The Labute approximate surface area is 108 Å². The van der Waals surface area contributed by atoms with Gasteiger partial charge in [0.25, 0.3) is 0 Å². The molecular weight excluding hydrogens is 284 g/mol. The Morgan fingerprint density at radius 2 is 2.12 bits per heavy atom. The first kappa shape index (κ1) is 11.8. The number of nitrogens with one attached hydrogen (secondary N) is 1. The molecule has 0 saturated heterocycles. The highest BCUT2D eigenvalue weighted by molar-refractivity contribution is 9.10. The Kier molecular flexibility index (Phi) is 3.76. The van der Waals surface area contributed by atoms with E-state index in [1.54, 1.807) is 11.3 Å². The molecule has 0 bridgehead atoms. The third-order valence-corrected chi connectivity index (χ3v) is 3.81. The van der Waals surface area contributed by atoms with Crippen LogP contribution < -0.4 is 11.3 Å². The molecule has 0 aliphatic rings. The van der Waals surface area contributed by atoms with Gasteiger partial charge in [0.15, 0.2) is 0 Å². The van der Waals surface area contributed by atoms with Crippen LogP contribution in [-0.4, -0.2) is 0 Å². The lowest BCUT2D eigenvalue weighted by atomic mass is 10.0. The van der Waals surface area contributed by atoms with Crippen molar-refractivity contribution in [1.82, 2.24) is 5.43 Å². The summed E-state index contributed by atoms with van der Waals surface area (Å²) in [7, 11) is 0. The molecular formula is C12H13BrN2S. The van der Waals surface area contributed by atoms with E-state index in [0.717, 1.165) is 10.0 Å². The zero-order chi connectivity index (χ0) is 11.5. The molecule has 0 spiro atoms. The Bertz CT molecular complexity index is 481. The summed E-state index contributed by atoms with van der Waals surface area (Å²) in [6.45, 7) is 2.10. The predicted octanol–water partition coefficient (Wildman–Crippen LogP) is 3.37. The minimum Gasteiger partial charge on any atom is -0.271 e. The second-order valence-corrected chi connectivity index (χ2v) is 5.68. The molecule has 0 amide bonds. The first-order chi connectivity index (χ1) is 7.70. The monoisotopic (exact) mass is 296 g/mol. The number of halogens is 1. The van der Waals surface area contributed by atoms with E-state index in [-0.39, 0.29) is 6.04 Å². The summed E-state index contributed by atoms with van der Waals surface area (Å²) < 4.78 is 1.07. The van der Waals surface area contributed by atoms with Gasteiger partial charge in [0.05, 0.1) is 6.04 Å². The van der Waals surface area contributed by atoms with Crippen LogP contribution in [0.4, 0.5) is 0 Å². The molecule has 16 heavy (non-hydrogen) atoms. The van der Waals surface area contributed by atoms with Crippen molar-refractivity contribution in [2.24, 2.45) is 5.84 Å². The molecule has 0 fully saturated rings. The molecule has 1 aromatic carbocycles. The zero-order valence-corrected chi connectivity index (χ0v) is 11.3. The number of thiophene rings is 1. The van der Waals surface area contributed by atoms with Crippen molar-refractivity contribution in [3.8, 4) is 0 Å². The van der Waals surface area contributed by atoms with Crippen molar-refractivity contribution in [2.75, 3.05) is 0 Å². The van der Waals surface area contributed by atoms with Crippen LogP contribution >= 0.6 is 27.3 Å². The van der Waals surface area contributed by atoms with Gasteiger partial charge in [0, 0.05) is 9.35 Å². The van der Waals surface area contributed by atoms with Crippen molar-refractivity contribution < 1.29 is 0 Å². The van der Waals surface area contributed by atoms with Gasteiger partial charge in [-0.3, -0.25) is 5.84 Å². The van der Waals surface area contributed by atoms with Gasteiger partial charge >= 0.3 is 0 Å². The van der Waals surface area contributed by atoms with Crippen molar-refractivity contribution >= 4 is 27.3 Å². The summed E-state index contributed by atoms with van der Waals surface area (Å²) in [5.74, 6) is 5.64. The molecule has 0 aliphatic carbocycles. The molecule has 1 atom stereocenters. The molecule has 0 aliphatic heterocycles. The lowest BCUT2D eigenvalue weighted by Gasteiger charge is -2.15. The quantitative estimate of drug-likeness (QED) is 0.673. The lowest BCUT2D eigenvalue weighted by Crippen LogP contribution is -2.28. The van der Waals surface area contributed by atoms with Crippen LogP contribution in [0.5, 0.6) is 0 Å². The first-order valence-corrected chi connectivity index (χ1v) is 6.64. The van der Waals surface area contributed by atoms with Crippen LogP contribution in [0.25, 0.3) is 0 Å². The number of nitrogens with two attached hydrogens (primary N) is 1. The second kappa shape index (κ2) is 5.10. The van der Waals surface area contributed by atoms with Crippen LogP contribution in [0.15, 0.2) is 40.2 Å². The highest BCUT2D eigenvalue weighted by atomic mass is 79.9. The number of rotatable bonds is 3. The summed E-state index contributed by atoms with van der Waals surface area (Å²) in [5.41, 5.74) is 5.23. The minimum absolute atomic E-state index is 0.0578. The van der Waals surface area contributed by atoms with E-state index < -0.39 is 0 Å². The first-order valence-electron chi connectivity index (χ1n) is 4.97. The zero-order valence-electron chi connectivity index (χ0n) is 8.91. The van der Waals surface area contributed by atoms with E-state index in [1.165, 1.54) is 10.4 Å². The second-order valence-electron chi connectivity index (χ2n) is 3.65. The molecule has 2 rings (SSSR count). The number of hydrogen-bond donors (Lipinski definition) is 2. The highest BCUT2D eigenvalue weighted by Crippen LogP contribution is 2.27. The maximum absolute atomic E-state index is 5.64. The van der Waals surface area contributed by atoms with E-state index in [1.807, 2.05) is 12.1 Å². The fraction of sp³-hybridized carbons (Fsp3) is 0.167. The maximum Gasteiger partial charge on any atom is 0.0718 e. The molecule has 1 heterocycles. The number of benzene rings is 1. The Hall–Kier alpha value is -0.680. The lowest BCUT2D eigenvalue weighted by molar-refractivity contribution is 0.638. The van der Waals surface area contributed by atoms with Gasteiger partial charge in [-0.05, 0) is 41.6 Å². The SMILES string of the molecule is Cc1cc(C(NN)c2cccc(Br)c2)cs1. The van der Waals surface area contributed by atoms with Crippen molar-refractivity contribution in [2.45, 2.75) is 13.0 Å². The fourth-order valence-corrected chi connectivity index (χ4v) is 2.83. The number of aryl methyl sites for hydroxylation is 1. The maximum atomic E-state index is 5.64. The summed E-state index contributed by atoms with van der Waals surface area (Å²) in [6, 6.07) is 10.4. The molecule has 3 N–H and O–H groups in total. The van der Waals surface area contributed by atoms with Crippen molar-refractivity contribution in [1.29, 1.82) is 0 Å². The van der Waals surface area contributed by atoms with Crippen molar-refractivity contribution in [3.63, 3.8) is 0 Å². The number of hydrogen-bond acceptors (Lipinski definition) is 3. The summed E-state index contributed by atoms with van der Waals surface area (Å²) in [5, 5.41) is 2.14. The minimum atomic E-state index is 0.0578. The highest BCUT2D eigenvalue weighted by Gasteiger charge is 2.13. The van der Waals surface area contributed by atoms with Gasteiger partial charge in [-0.15, -0.1) is 11.3 Å². The van der Waals surface area contributed by atoms with Crippen LogP contribution in [0.1, 0.15) is 22.0 Å². The average molecular weight is 297 g/mol. The molecule has 4 heteroatoms. The van der Waals surface area contributed by atoms with Gasteiger partial charge in [0.1, 0.15) is 0 Å². The Morgan fingerprint density at radius 3 is 2.69 bits per heavy atom. The van der Waals surface area contributed by atoms with E-state index in [4.69, 9.17) is 5.84 Å². The summed E-state index contributed by atoms with van der Waals surface area (Å²) in [4.78, 5) is 1.30. The van der Waals surface area contributed by atoms with E-state index in [9.17, 15) is 0 Å². The molecule has 0 saturated carbocycles. The van der Waals surface area contributed by atoms with E-state index in [2.05, 4.69) is 51.9 Å². The molecule has 1 unspecified atom stereocenters. The smallest absolute Gasteiger partial charge is 0.0718 e. The topological polar surface area (TPSA) is 38.0 Å². The largest absolute Gasteiger partial charge is 0.271 e. The summed E-state index contributed by atoms with van der Waals surface area (Å²) in [6.07, 6.45) is 0. The molecule has 1 aromatic heterocycles. The van der Waals surface area contributed by atoms with E-state index in [0.29, 0.717) is 0 Å². The van der Waals surface area contributed by atoms with Gasteiger partial charge in [-0.25, -0.2) is 5.43 Å². The molecule has 2 aromatic rings. The van der Waals surface area contributed by atoms with Crippen LogP contribution in [-0.2, 0) is 0 Å². The van der Waals surface area contributed by atoms with Gasteiger partial charge in [-0.2, -0.15) is 0 Å². The van der Waals surface area contributed by atoms with Gasteiger partial charge in [-0.1, -0.05) is 28.1 Å². The normalized spacial score (nSPS) is 12.7. The van der Waals surface area contributed by atoms with Crippen LogP contribution in [0, 0.1) is 6.92 Å². The third-order valence-electron chi connectivity index (χ3n) is 2.43. The van der Waals surface area contributed by atoms with Crippen molar-refractivity contribution in [3.05, 3.63) is 56.2 Å². The third kappa shape index (κ3) is 2.52. The summed E-state index contributed by atoms with van der Waals surface area (Å²) >= 11 is 5.21. The van der Waals surface area contributed by atoms with Gasteiger partial charge < -0.3 is 0 Å². The standard InChI is InChI=1S/C12H13BrN2S/c1-8-5-10(7-16-8)12(15-14)9-3-2-4-11(13)6-9/h2-7,12,15H,14H2,1H3.